The van der Waals surface area contributed by atoms with Gasteiger partial charge in [0, 0.05) is 16.5 Å². The van der Waals surface area contributed by atoms with Crippen LogP contribution in [-0.4, -0.2) is 45.4 Å². The fourth-order valence-electron chi connectivity index (χ4n) is 2.87. The van der Waals surface area contributed by atoms with Gasteiger partial charge in [0.05, 0.1) is 18.1 Å². The molecular formula is C17H18N6O5. The number of carbonyl (C=O) groups excluding carboxylic acids is 3. The van der Waals surface area contributed by atoms with Gasteiger partial charge in [-0.05, 0) is 18.0 Å². The van der Waals surface area contributed by atoms with E-state index in [9.17, 15) is 19.5 Å². The highest BCUT2D eigenvalue weighted by molar-refractivity contribution is 6.62. The fraction of sp³-hybridized carbons (Fsp3) is 0.412. The highest BCUT2D eigenvalue weighted by Crippen LogP contribution is 2.26. The van der Waals surface area contributed by atoms with E-state index >= 15 is 0 Å². The van der Waals surface area contributed by atoms with Crippen molar-refractivity contribution in [1.29, 1.82) is 0 Å². The number of benzene rings is 1. The smallest absolute Gasteiger partial charge is 0.441 e. The largest absolute Gasteiger partial charge is 0.452 e. The van der Waals surface area contributed by atoms with Gasteiger partial charge in [-0.2, -0.15) is 4.79 Å². The van der Waals surface area contributed by atoms with Gasteiger partial charge in [-0.3, -0.25) is 9.59 Å². The average molecular weight is 386 g/mol. The van der Waals surface area contributed by atoms with Crippen LogP contribution < -0.4 is 5.32 Å². The number of ether oxygens (including phenoxy) is 1. The van der Waals surface area contributed by atoms with Crippen molar-refractivity contribution in [3.8, 4) is 0 Å². The summed E-state index contributed by atoms with van der Waals surface area (Å²) < 4.78 is 4.99. The van der Waals surface area contributed by atoms with Gasteiger partial charge in [0.2, 0.25) is 5.91 Å². The number of nitrogens with zero attached hydrogens (tertiary/aromatic N) is 5. The van der Waals surface area contributed by atoms with Crippen molar-refractivity contribution in [3.05, 3.63) is 45.8 Å². The van der Waals surface area contributed by atoms with Crippen LogP contribution in [-0.2, 0) is 25.7 Å². The zero-order chi connectivity index (χ0) is 20.8. The van der Waals surface area contributed by atoms with E-state index in [0.717, 1.165) is 0 Å². The summed E-state index contributed by atoms with van der Waals surface area (Å²) in [5.41, 5.74) is 17.6. The van der Waals surface area contributed by atoms with E-state index in [-0.39, 0.29) is 6.61 Å². The van der Waals surface area contributed by atoms with Crippen molar-refractivity contribution >= 4 is 29.1 Å². The summed E-state index contributed by atoms with van der Waals surface area (Å²) >= 11 is 0. The average Bonchev–Trinajstić information content (AvgIpc) is 2.65. The van der Waals surface area contributed by atoms with E-state index in [4.69, 9.17) is 15.8 Å². The number of Topliss-reactive ketones (excluding diaryl/α,β-unsaturated/α-hetero) is 1. The van der Waals surface area contributed by atoms with Crippen LogP contribution in [0.1, 0.15) is 19.4 Å². The molecule has 1 heterocycles. The van der Waals surface area contributed by atoms with Crippen LogP contribution in [0.4, 0.5) is 5.69 Å². The van der Waals surface area contributed by atoms with E-state index in [0.29, 0.717) is 11.3 Å². The van der Waals surface area contributed by atoms with Crippen molar-refractivity contribution in [1.82, 2.24) is 5.32 Å². The molecule has 0 saturated carbocycles. The Hall–Kier alpha value is -3.52. The molecule has 4 atom stereocenters. The Kier molecular flexibility index (Phi) is 6.62. The normalized spacial score (nSPS) is 19.8. The number of hydrogen-bond donors (Lipinski definition) is 2. The minimum atomic E-state index is -1.13. The van der Waals surface area contributed by atoms with Gasteiger partial charge in [0.25, 0.3) is 5.78 Å². The van der Waals surface area contributed by atoms with E-state index in [1.54, 1.807) is 12.1 Å². The number of carbonyl (C=O) groups is 3. The maximum absolute atomic E-state index is 12.5. The van der Waals surface area contributed by atoms with Crippen LogP contribution >= 0.6 is 0 Å². The lowest BCUT2D eigenvalue weighted by Crippen LogP contribution is -2.66. The predicted molar refractivity (Wildman–Crippen MR) is 94.9 cm³/mol. The Morgan fingerprint density at radius 2 is 1.93 bits per heavy atom. The third-order valence-corrected chi connectivity index (χ3v) is 4.46. The Balaban J connectivity index is 2.00. The molecule has 11 heteroatoms. The summed E-state index contributed by atoms with van der Waals surface area (Å²) in [6.07, 6.45) is -0.969. The summed E-state index contributed by atoms with van der Waals surface area (Å²) in [6, 6.07) is 5.49. The third kappa shape index (κ3) is 4.41. The number of ketones is 1. The zero-order valence-corrected chi connectivity index (χ0v) is 15.1. The van der Waals surface area contributed by atoms with Gasteiger partial charge in [-0.25, -0.2) is 4.79 Å². The maximum Gasteiger partial charge on any atom is 0.441 e. The quantitative estimate of drug-likeness (QED) is 0.129. The molecule has 28 heavy (non-hydrogen) atoms. The maximum atomic E-state index is 12.5. The molecule has 1 aromatic rings. The summed E-state index contributed by atoms with van der Waals surface area (Å²) in [5.74, 6) is -4.03. The fourth-order valence-corrected chi connectivity index (χ4v) is 2.87. The van der Waals surface area contributed by atoms with Crippen molar-refractivity contribution in [2.45, 2.75) is 32.6 Å². The molecule has 146 valence electrons. The standard InChI is InChI=1S/C17H18N6O5/c1-8(13-12(9(2)24)16(26)20-13)15(25)14(21-18)17(27)28-7-10-3-5-11(6-4-10)22-23-19/h3-6,8-9,12-13,24H,7H2,1-2H3,(H,20,26)/t8-,9-,12-,13-/m1/s1. The summed E-state index contributed by atoms with van der Waals surface area (Å²) in [7, 11) is 0. The first-order valence-corrected chi connectivity index (χ1v) is 8.36. The number of hydrogen-bond acceptors (Lipinski definition) is 6. The second-order valence-corrected chi connectivity index (χ2v) is 6.33. The SMILES string of the molecule is C[C@@H](O)[C@H]1C(=O)N[C@@H]1[C@@H](C)C(=O)C(=[N+]=[N-])C(=O)OCc1ccc(N=[N+]=[N-])cc1. The molecule has 0 aromatic heterocycles. The van der Waals surface area contributed by atoms with Crippen LogP contribution in [0.2, 0.25) is 0 Å². The highest BCUT2D eigenvalue weighted by Gasteiger charge is 2.50. The number of esters is 1. The van der Waals surface area contributed by atoms with Gasteiger partial charge >= 0.3 is 11.7 Å². The topological polar surface area (TPSA) is 178 Å². The second kappa shape index (κ2) is 8.92. The van der Waals surface area contributed by atoms with Crippen molar-refractivity contribution in [2.24, 2.45) is 17.0 Å². The summed E-state index contributed by atoms with van der Waals surface area (Å²) in [6.45, 7) is 2.68. The molecule has 11 nitrogen and oxygen atoms in total. The van der Waals surface area contributed by atoms with Crippen LogP contribution in [0.15, 0.2) is 29.4 Å². The first kappa shape index (κ1) is 20.8. The summed E-state index contributed by atoms with van der Waals surface area (Å²) in [4.78, 5) is 41.5. The van der Waals surface area contributed by atoms with Gasteiger partial charge in [-0.1, -0.05) is 36.3 Å². The Morgan fingerprint density at radius 1 is 1.29 bits per heavy atom. The number of rotatable bonds is 8. The molecule has 1 saturated heterocycles. The van der Waals surface area contributed by atoms with Crippen molar-refractivity contribution in [3.63, 3.8) is 0 Å². The Bertz CT molecular complexity index is 884. The lowest BCUT2D eigenvalue weighted by atomic mass is 9.76. The number of azide groups is 1. The molecule has 2 rings (SSSR count). The van der Waals surface area contributed by atoms with Crippen LogP contribution in [0, 0.1) is 11.8 Å². The summed E-state index contributed by atoms with van der Waals surface area (Å²) in [5, 5.41) is 15.6. The number of amides is 1. The molecule has 0 aliphatic carbocycles. The van der Waals surface area contributed by atoms with Crippen molar-refractivity contribution in [2.75, 3.05) is 0 Å². The van der Waals surface area contributed by atoms with E-state index in [2.05, 4.69) is 20.1 Å². The Morgan fingerprint density at radius 3 is 2.43 bits per heavy atom. The molecule has 0 bridgehead atoms. The molecule has 1 aliphatic rings. The monoisotopic (exact) mass is 386 g/mol. The second-order valence-electron chi connectivity index (χ2n) is 6.33. The molecule has 1 aromatic carbocycles. The van der Waals surface area contributed by atoms with E-state index < -0.39 is 47.4 Å². The Labute approximate surface area is 159 Å². The molecule has 0 radical (unpaired) electrons. The molecular weight excluding hydrogens is 368 g/mol. The van der Waals surface area contributed by atoms with Gasteiger partial charge < -0.3 is 20.7 Å². The van der Waals surface area contributed by atoms with Gasteiger partial charge in [0.15, 0.2) is 0 Å². The molecule has 1 fully saturated rings. The van der Waals surface area contributed by atoms with Crippen LogP contribution in [0.5, 0.6) is 0 Å². The molecule has 1 aliphatic heterocycles. The van der Waals surface area contributed by atoms with Gasteiger partial charge in [-0.15, -0.1) is 0 Å². The zero-order valence-electron chi connectivity index (χ0n) is 15.1. The van der Waals surface area contributed by atoms with E-state index in [1.165, 1.54) is 26.0 Å². The third-order valence-electron chi connectivity index (χ3n) is 4.46. The first-order chi connectivity index (χ1) is 13.3. The van der Waals surface area contributed by atoms with Crippen LogP contribution in [0.25, 0.3) is 16.0 Å². The highest BCUT2D eigenvalue weighted by atomic mass is 16.5. The van der Waals surface area contributed by atoms with Crippen LogP contribution in [0.3, 0.4) is 0 Å². The molecule has 0 spiro atoms. The molecule has 1 amide bonds. The van der Waals surface area contributed by atoms with E-state index in [1.807, 2.05) is 0 Å². The van der Waals surface area contributed by atoms with Crippen molar-refractivity contribution < 1.29 is 29.0 Å². The molecule has 0 unspecified atom stereocenters. The lowest BCUT2D eigenvalue weighted by Gasteiger charge is -2.40. The first-order valence-electron chi connectivity index (χ1n) is 8.36. The number of aliphatic hydroxyl groups excluding tert-OH is 1. The number of β-lactam (4-membered cyclic amide) rings is 1. The minimum absolute atomic E-state index is 0.202. The van der Waals surface area contributed by atoms with Gasteiger partial charge in [0.1, 0.15) is 6.61 Å². The number of nitrogens with one attached hydrogen (secondary N) is 1. The minimum Gasteiger partial charge on any atom is -0.452 e. The molecule has 2 N–H and O–H groups in total. The predicted octanol–water partition coefficient (Wildman–Crippen LogP) is 1.04. The number of aliphatic hydroxyl groups is 1. The lowest BCUT2D eigenvalue weighted by molar-refractivity contribution is -0.146.